The summed E-state index contributed by atoms with van der Waals surface area (Å²) in [5.41, 5.74) is 5.10. The van der Waals surface area contributed by atoms with Crippen molar-refractivity contribution in [2.45, 2.75) is 24.8 Å². The maximum atomic E-state index is 10.4. The highest BCUT2D eigenvalue weighted by molar-refractivity contribution is 5.75. The Morgan fingerprint density at radius 2 is 2.33 bits per heavy atom. The van der Waals surface area contributed by atoms with Crippen LogP contribution in [-0.2, 0) is 4.79 Å². The SMILES string of the molecule is CNC1(CC(N)=O)CC1. The number of nitrogens with two attached hydrogens (primary N) is 1. The molecule has 0 heterocycles. The van der Waals surface area contributed by atoms with Crippen LogP contribution in [0.25, 0.3) is 0 Å². The van der Waals surface area contributed by atoms with Gasteiger partial charge in [-0.1, -0.05) is 0 Å². The predicted molar refractivity (Wildman–Crippen MR) is 34.8 cm³/mol. The lowest BCUT2D eigenvalue weighted by Gasteiger charge is -2.09. The molecule has 0 radical (unpaired) electrons. The molecule has 0 aromatic carbocycles. The topological polar surface area (TPSA) is 55.1 Å². The lowest BCUT2D eigenvalue weighted by Crippen LogP contribution is -2.32. The van der Waals surface area contributed by atoms with Crippen molar-refractivity contribution in [3.63, 3.8) is 0 Å². The highest BCUT2D eigenvalue weighted by Gasteiger charge is 2.41. The monoisotopic (exact) mass is 128 g/mol. The molecular formula is C6H12N2O. The first-order chi connectivity index (χ1) is 4.18. The smallest absolute Gasteiger partial charge is 0.219 e. The van der Waals surface area contributed by atoms with Gasteiger partial charge in [0.1, 0.15) is 0 Å². The van der Waals surface area contributed by atoms with Crippen molar-refractivity contribution >= 4 is 5.91 Å². The van der Waals surface area contributed by atoms with E-state index in [-0.39, 0.29) is 11.4 Å². The highest BCUT2D eigenvalue weighted by atomic mass is 16.1. The molecule has 52 valence electrons. The van der Waals surface area contributed by atoms with Crippen molar-refractivity contribution in [1.82, 2.24) is 5.32 Å². The largest absolute Gasteiger partial charge is 0.370 e. The van der Waals surface area contributed by atoms with Crippen LogP contribution in [0.4, 0.5) is 0 Å². The summed E-state index contributed by atoms with van der Waals surface area (Å²) in [6.45, 7) is 0. The Balaban J connectivity index is 2.33. The molecule has 1 rings (SSSR count). The summed E-state index contributed by atoms with van der Waals surface area (Å²) in [5, 5.41) is 3.08. The first kappa shape index (κ1) is 6.55. The summed E-state index contributed by atoms with van der Waals surface area (Å²) in [6, 6.07) is 0. The quantitative estimate of drug-likeness (QED) is 0.544. The number of primary amides is 1. The zero-order valence-electron chi connectivity index (χ0n) is 5.61. The van der Waals surface area contributed by atoms with E-state index in [4.69, 9.17) is 5.73 Å². The van der Waals surface area contributed by atoms with Crippen LogP contribution in [0, 0.1) is 0 Å². The van der Waals surface area contributed by atoms with Gasteiger partial charge in [-0.2, -0.15) is 0 Å². The van der Waals surface area contributed by atoms with Crippen molar-refractivity contribution in [2.24, 2.45) is 5.73 Å². The summed E-state index contributed by atoms with van der Waals surface area (Å²) in [4.78, 5) is 10.4. The van der Waals surface area contributed by atoms with Gasteiger partial charge < -0.3 is 11.1 Å². The van der Waals surface area contributed by atoms with Crippen molar-refractivity contribution in [3.8, 4) is 0 Å². The third kappa shape index (κ3) is 1.42. The molecule has 0 aromatic rings. The Hall–Kier alpha value is -0.570. The first-order valence-electron chi connectivity index (χ1n) is 3.16. The molecule has 0 unspecified atom stereocenters. The van der Waals surface area contributed by atoms with Crippen LogP contribution < -0.4 is 11.1 Å². The average molecular weight is 128 g/mol. The van der Waals surface area contributed by atoms with Crippen LogP contribution in [0.15, 0.2) is 0 Å². The van der Waals surface area contributed by atoms with Gasteiger partial charge in [0.2, 0.25) is 5.91 Å². The summed E-state index contributed by atoms with van der Waals surface area (Å²) >= 11 is 0. The van der Waals surface area contributed by atoms with Gasteiger partial charge in [-0.05, 0) is 19.9 Å². The molecule has 9 heavy (non-hydrogen) atoms. The van der Waals surface area contributed by atoms with E-state index in [0.717, 1.165) is 12.8 Å². The van der Waals surface area contributed by atoms with Crippen LogP contribution in [0.2, 0.25) is 0 Å². The number of hydrogen-bond acceptors (Lipinski definition) is 2. The van der Waals surface area contributed by atoms with Crippen LogP contribution >= 0.6 is 0 Å². The van der Waals surface area contributed by atoms with Gasteiger partial charge >= 0.3 is 0 Å². The Morgan fingerprint density at radius 1 is 1.78 bits per heavy atom. The van der Waals surface area contributed by atoms with Gasteiger partial charge in [-0.15, -0.1) is 0 Å². The van der Waals surface area contributed by atoms with Gasteiger partial charge in [0.05, 0.1) is 0 Å². The maximum Gasteiger partial charge on any atom is 0.219 e. The first-order valence-corrected chi connectivity index (χ1v) is 3.16. The van der Waals surface area contributed by atoms with Crippen molar-refractivity contribution in [2.75, 3.05) is 7.05 Å². The van der Waals surface area contributed by atoms with Crippen molar-refractivity contribution in [3.05, 3.63) is 0 Å². The number of hydrogen-bond donors (Lipinski definition) is 2. The lowest BCUT2D eigenvalue weighted by molar-refractivity contribution is -0.118. The second-order valence-corrected chi connectivity index (χ2v) is 2.67. The molecule has 0 bridgehead atoms. The maximum absolute atomic E-state index is 10.4. The van der Waals surface area contributed by atoms with Gasteiger partial charge in [0.15, 0.2) is 0 Å². The van der Waals surface area contributed by atoms with Crippen LogP contribution in [0.3, 0.4) is 0 Å². The van der Waals surface area contributed by atoms with E-state index in [1.165, 1.54) is 0 Å². The van der Waals surface area contributed by atoms with Gasteiger partial charge in [0.25, 0.3) is 0 Å². The fourth-order valence-electron chi connectivity index (χ4n) is 1.000. The van der Waals surface area contributed by atoms with Gasteiger partial charge in [-0.3, -0.25) is 4.79 Å². The Morgan fingerprint density at radius 3 is 2.44 bits per heavy atom. The lowest BCUT2D eigenvalue weighted by atomic mass is 10.2. The molecule has 3 heteroatoms. The molecule has 1 amide bonds. The minimum Gasteiger partial charge on any atom is -0.370 e. The number of amides is 1. The standard InChI is InChI=1S/C6H12N2O/c1-8-6(2-3-6)4-5(7)9/h8H,2-4H2,1H3,(H2,7,9). The molecule has 0 spiro atoms. The van der Waals surface area contributed by atoms with Gasteiger partial charge in [0, 0.05) is 12.0 Å². The fourth-order valence-corrected chi connectivity index (χ4v) is 1.000. The zero-order valence-corrected chi connectivity index (χ0v) is 5.61. The molecule has 3 nitrogen and oxygen atoms in total. The van der Waals surface area contributed by atoms with E-state index in [9.17, 15) is 4.79 Å². The zero-order chi connectivity index (χ0) is 6.91. The second kappa shape index (κ2) is 1.99. The molecule has 0 saturated heterocycles. The van der Waals surface area contributed by atoms with E-state index in [1.54, 1.807) is 0 Å². The minimum atomic E-state index is -0.207. The van der Waals surface area contributed by atoms with E-state index >= 15 is 0 Å². The van der Waals surface area contributed by atoms with Crippen molar-refractivity contribution in [1.29, 1.82) is 0 Å². The molecule has 1 aliphatic rings. The third-order valence-corrected chi connectivity index (χ3v) is 1.90. The Kier molecular flexibility index (Phi) is 1.45. The molecule has 0 aromatic heterocycles. The summed E-state index contributed by atoms with van der Waals surface area (Å²) in [6.07, 6.45) is 2.67. The Labute approximate surface area is 54.6 Å². The van der Waals surface area contributed by atoms with Crippen LogP contribution in [0.1, 0.15) is 19.3 Å². The van der Waals surface area contributed by atoms with Crippen molar-refractivity contribution < 1.29 is 4.79 Å². The van der Waals surface area contributed by atoms with Crippen LogP contribution in [-0.4, -0.2) is 18.5 Å². The summed E-state index contributed by atoms with van der Waals surface area (Å²) in [5.74, 6) is -0.207. The van der Waals surface area contributed by atoms with E-state index < -0.39 is 0 Å². The summed E-state index contributed by atoms with van der Waals surface area (Å²) < 4.78 is 0. The van der Waals surface area contributed by atoms with Crippen LogP contribution in [0.5, 0.6) is 0 Å². The number of carbonyl (C=O) groups excluding carboxylic acids is 1. The van der Waals surface area contributed by atoms with Gasteiger partial charge in [-0.25, -0.2) is 0 Å². The molecule has 0 aliphatic heterocycles. The molecule has 1 fully saturated rings. The Bertz CT molecular complexity index is 129. The highest BCUT2D eigenvalue weighted by Crippen LogP contribution is 2.37. The van der Waals surface area contributed by atoms with E-state index in [0.29, 0.717) is 6.42 Å². The molecular weight excluding hydrogens is 116 g/mol. The molecule has 3 N–H and O–H groups in total. The fraction of sp³-hybridized carbons (Fsp3) is 0.833. The molecule has 1 saturated carbocycles. The third-order valence-electron chi connectivity index (χ3n) is 1.90. The molecule has 0 atom stereocenters. The predicted octanol–water partition coefficient (Wildman–Crippen LogP) is -0.386. The van der Waals surface area contributed by atoms with E-state index in [2.05, 4.69) is 5.32 Å². The number of carbonyl (C=O) groups is 1. The number of rotatable bonds is 3. The molecule has 1 aliphatic carbocycles. The average Bonchev–Trinajstić information content (AvgIpc) is 2.48. The second-order valence-electron chi connectivity index (χ2n) is 2.67. The van der Waals surface area contributed by atoms with E-state index in [1.807, 2.05) is 7.05 Å². The number of nitrogens with one attached hydrogen (secondary N) is 1. The minimum absolute atomic E-state index is 0.0891. The summed E-state index contributed by atoms with van der Waals surface area (Å²) in [7, 11) is 1.87. The normalized spacial score (nSPS) is 21.4.